The number of hydrogen-bond acceptors (Lipinski definition) is 2. The Morgan fingerprint density at radius 3 is 2.42 bits per heavy atom. The third-order valence-electron chi connectivity index (χ3n) is 5.10. The van der Waals surface area contributed by atoms with Crippen molar-refractivity contribution in [1.82, 2.24) is 0 Å². The Hall–Kier alpha value is -1.57. The number of carbonyl (C=O) groups is 1. The lowest BCUT2D eigenvalue weighted by Crippen LogP contribution is -2.25. The maximum absolute atomic E-state index is 12.3. The smallest absolute Gasteiger partial charge is 0.314 e. The van der Waals surface area contributed by atoms with Gasteiger partial charge in [-0.3, -0.25) is 4.79 Å². The summed E-state index contributed by atoms with van der Waals surface area (Å²) in [5.41, 5.74) is 1.13. The highest BCUT2D eigenvalue weighted by atomic mass is 16.5. The van der Waals surface area contributed by atoms with Gasteiger partial charge in [0.1, 0.15) is 5.75 Å². The predicted octanol–water partition coefficient (Wildman–Crippen LogP) is 6.40. The van der Waals surface area contributed by atoms with Gasteiger partial charge in [0.15, 0.2) is 0 Å². The summed E-state index contributed by atoms with van der Waals surface area (Å²) in [4.78, 5) is 12.3. The molecular formula is C22H32O2. The van der Waals surface area contributed by atoms with Crippen LogP contribution < -0.4 is 4.74 Å². The van der Waals surface area contributed by atoms with Gasteiger partial charge in [-0.2, -0.15) is 0 Å². The number of allylic oxidation sites excluding steroid dienone is 1. The molecule has 1 fully saturated rings. The lowest BCUT2D eigenvalue weighted by atomic mass is 9.80. The number of esters is 1. The maximum atomic E-state index is 12.3. The molecule has 24 heavy (non-hydrogen) atoms. The van der Waals surface area contributed by atoms with Gasteiger partial charge in [-0.15, -0.1) is 0 Å². The van der Waals surface area contributed by atoms with Crippen molar-refractivity contribution in [2.45, 2.75) is 71.6 Å². The summed E-state index contributed by atoms with van der Waals surface area (Å²) in [7, 11) is 0. The minimum atomic E-state index is -0.0433. The van der Waals surface area contributed by atoms with Gasteiger partial charge < -0.3 is 4.74 Å². The first-order valence-corrected chi connectivity index (χ1v) is 9.67. The third-order valence-corrected chi connectivity index (χ3v) is 5.10. The first-order valence-electron chi connectivity index (χ1n) is 9.67. The summed E-state index contributed by atoms with van der Waals surface area (Å²) in [6, 6.07) is 7.73. The van der Waals surface area contributed by atoms with Crippen LogP contribution in [0.2, 0.25) is 0 Å². The van der Waals surface area contributed by atoms with Crippen molar-refractivity contribution in [3.05, 3.63) is 35.9 Å². The van der Waals surface area contributed by atoms with E-state index in [2.05, 4.69) is 6.92 Å². The molecule has 0 radical (unpaired) electrons. The maximum Gasteiger partial charge on any atom is 0.314 e. The molecule has 2 nitrogen and oxygen atoms in total. The fourth-order valence-corrected chi connectivity index (χ4v) is 3.59. The molecule has 0 unspecified atom stereocenters. The number of benzene rings is 1. The highest BCUT2D eigenvalue weighted by Gasteiger charge is 2.27. The van der Waals surface area contributed by atoms with E-state index in [-0.39, 0.29) is 11.9 Å². The second-order valence-electron chi connectivity index (χ2n) is 7.06. The number of carbonyl (C=O) groups excluding carboxylic acids is 1. The summed E-state index contributed by atoms with van der Waals surface area (Å²) in [6.45, 7) is 4.25. The molecule has 1 aliphatic carbocycles. The zero-order valence-corrected chi connectivity index (χ0v) is 15.3. The van der Waals surface area contributed by atoms with Crippen molar-refractivity contribution in [2.24, 2.45) is 11.8 Å². The molecule has 2 rings (SSSR count). The number of hydrogen-bond donors (Lipinski definition) is 0. The molecule has 0 spiro atoms. The number of unbranched alkanes of at least 4 members (excludes halogenated alkanes) is 3. The van der Waals surface area contributed by atoms with E-state index in [0.717, 1.165) is 24.3 Å². The summed E-state index contributed by atoms with van der Waals surface area (Å²) < 4.78 is 5.57. The van der Waals surface area contributed by atoms with Crippen LogP contribution in [0.1, 0.15) is 77.2 Å². The highest BCUT2D eigenvalue weighted by Crippen LogP contribution is 2.33. The quantitative estimate of drug-likeness (QED) is 0.313. The molecule has 0 atom stereocenters. The lowest BCUT2D eigenvalue weighted by molar-refractivity contribution is -0.140. The molecule has 1 aliphatic rings. The van der Waals surface area contributed by atoms with Gasteiger partial charge in [-0.25, -0.2) is 0 Å². The number of rotatable bonds is 8. The second-order valence-corrected chi connectivity index (χ2v) is 7.06. The van der Waals surface area contributed by atoms with Crippen molar-refractivity contribution < 1.29 is 9.53 Å². The first kappa shape index (κ1) is 18.8. The zero-order chi connectivity index (χ0) is 17.2. The van der Waals surface area contributed by atoms with Crippen LogP contribution in [0.5, 0.6) is 5.75 Å². The fraction of sp³-hybridized carbons (Fsp3) is 0.591. The van der Waals surface area contributed by atoms with Gasteiger partial charge in [-0.1, -0.05) is 63.3 Å². The Morgan fingerprint density at radius 1 is 1.08 bits per heavy atom. The van der Waals surface area contributed by atoms with E-state index in [9.17, 15) is 4.79 Å². The van der Waals surface area contributed by atoms with Gasteiger partial charge in [0, 0.05) is 0 Å². The van der Waals surface area contributed by atoms with Crippen LogP contribution in [0.15, 0.2) is 30.3 Å². The van der Waals surface area contributed by atoms with E-state index in [4.69, 9.17) is 4.74 Å². The van der Waals surface area contributed by atoms with Gasteiger partial charge in [0.05, 0.1) is 5.92 Å². The Bertz CT molecular complexity index is 507. The Labute approximate surface area is 147 Å². The largest absolute Gasteiger partial charge is 0.426 e. The van der Waals surface area contributed by atoms with E-state index in [1.807, 2.05) is 43.3 Å². The van der Waals surface area contributed by atoms with Crippen molar-refractivity contribution in [3.63, 3.8) is 0 Å². The standard InChI is InChI=1S/C22H32O2/c1-3-5-6-7-9-19-10-14-20(15-11-19)22(23)24-21-16-12-18(8-4-2)13-17-21/h4,8,12-13,16-17,19-20H,3,5-7,9-11,14-15H2,1-2H3/b8-4-. The molecule has 0 N–H and O–H groups in total. The molecule has 0 amide bonds. The minimum Gasteiger partial charge on any atom is -0.426 e. The van der Waals surface area contributed by atoms with Crippen LogP contribution in [0.4, 0.5) is 0 Å². The van der Waals surface area contributed by atoms with E-state index in [1.54, 1.807) is 0 Å². The molecule has 0 saturated heterocycles. The predicted molar refractivity (Wildman–Crippen MR) is 101 cm³/mol. The average Bonchev–Trinajstić information content (AvgIpc) is 2.61. The van der Waals surface area contributed by atoms with E-state index in [0.29, 0.717) is 5.75 Å². The Kier molecular flexibility index (Phi) is 8.07. The van der Waals surface area contributed by atoms with Gasteiger partial charge in [0.25, 0.3) is 0 Å². The lowest BCUT2D eigenvalue weighted by Gasteiger charge is -2.27. The molecule has 0 heterocycles. The molecule has 0 aliphatic heterocycles. The monoisotopic (exact) mass is 328 g/mol. The fourth-order valence-electron chi connectivity index (χ4n) is 3.59. The third kappa shape index (κ3) is 6.14. The number of ether oxygens (including phenoxy) is 1. The van der Waals surface area contributed by atoms with Crippen LogP contribution in [0.25, 0.3) is 6.08 Å². The zero-order valence-electron chi connectivity index (χ0n) is 15.3. The summed E-state index contributed by atoms with van der Waals surface area (Å²) >= 11 is 0. The molecule has 1 aromatic rings. The van der Waals surface area contributed by atoms with Crippen molar-refractivity contribution in [1.29, 1.82) is 0 Å². The van der Waals surface area contributed by atoms with Crippen molar-refractivity contribution in [3.8, 4) is 5.75 Å². The molecule has 1 saturated carbocycles. The van der Waals surface area contributed by atoms with E-state index >= 15 is 0 Å². The van der Waals surface area contributed by atoms with Gasteiger partial charge in [-0.05, 0) is 56.2 Å². The summed E-state index contributed by atoms with van der Waals surface area (Å²) in [6.07, 6.45) is 15.1. The second kappa shape index (κ2) is 10.3. The van der Waals surface area contributed by atoms with Crippen molar-refractivity contribution >= 4 is 12.0 Å². The minimum absolute atomic E-state index is 0.0433. The van der Waals surface area contributed by atoms with Gasteiger partial charge >= 0.3 is 5.97 Å². The van der Waals surface area contributed by atoms with Gasteiger partial charge in [0.2, 0.25) is 0 Å². The SMILES string of the molecule is C/C=C\c1ccc(OC(=O)C2CCC(CCCCCC)CC2)cc1. The molecule has 2 heteroatoms. The van der Waals surface area contributed by atoms with Crippen LogP contribution in [0, 0.1) is 11.8 Å². The summed E-state index contributed by atoms with van der Waals surface area (Å²) in [5.74, 6) is 1.53. The average molecular weight is 328 g/mol. The van der Waals surface area contributed by atoms with E-state index < -0.39 is 0 Å². The molecule has 0 bridgehead atoms. The van der Waals surface area contributed by atoms with Crippen LogP contribution >= 0.6 is 0 Å². The van der Waals surface area contributed by atoms with Crippen molar-refractivity contribution in [2.75, 3.05) is 0 Å². The molecule has 1 aromatic carbocycles. The van der Waals surface area contributed by atoms with Crippen LogP contribution in [0.3, 0.4) is 0 Å². The highest BCUT2D eigenvalue weighted by molar-refractivity contribution is 5.75. The van der Waals surface area contributed by atoms with Crippen LogP contribution in [-0.2, 0) is 4.79 Å². The Morgan fingerprint density at radius 2 is 1.79 bits per heavy atom. The topological polar surface area (TPSA) is 26.3 Å². The first-order chi connectivity index (χ1) is 11.7. The molecule has 0 aromatic heterocycles. The van der Waals surface area contributed by atoms with Crippen LogP contribution in [-0.4, -0.2) is 5.97 Å². The normalized spacial score (nSPS) is 21.1. The molecule has 132 valence electrons. The van der Waals surface area contributed by atoms with E-state index in [1.165, 1.54) is 44.9 Å². The Balaban J connectivity index is 1.72. The summed E-state index contributed by atoms with van der Waals surface area (Å²) in [5, 5.41) is 0. The molecular weight excluding hydrogens is 296 g/mol.